The number of aromatic nitrogens is 2. The summed E-state index contributed by atoms with van der Waals surface area (Å²) in [5, 5.41) is 9.01. The number of carbonyl (C=O) groups is 1. The summed E-state index contributed by atoms with van der Waals surface area (Å²) < 4.78 is 0. The summed E-state index contributed by atoms with van der Waals surface area (Å²) in [6, 6.07) is 0. The maximum absolute atomic E-state index is 11.0. The van der Waals surface area contributed by atoms with Gasteiger partial charge in [-0.05, 0) is 12.5 Å². The minimum Gasteiger partial charge on any atom is -0.478 e. The van der Waals surface area contributed by atoms with Gasteiger partial charge in [-0.25, -0.2) is 14.8 Å². The fraction of sp³-hybridized carbons (Fsp3) is 0.583. The molecule has 0 bridgehead atoms. The van der Waals surface area contributed by atoms with Gasteiger partial charge in [0.05, 0.1) is 5.69 Å². The average Bonchev–Trinajstić information content (AvgIpc) is 2.14. The molecule has 5 nitrogen and oxygen atoms in total. The normalized spacial score (nSPS) is 11.8. The molecule has 1 rings (SSSR count). The molecule has 1 N–H and O–H groups in total. The molecule has 1 aromatic rings. The lowest BCUT2D eigenvalue weighted by Gasteiger charge is -2.26. The molecule has 0 radical (unpaired) electrons. The molecule has 1 aromatic heterocycles. The van der Waals surface area contributed by atoms with Crippen LogP contribution < -0.4 is 0 Å². The van der Waals surface area contributed by atoms with Gasteiger partial charge in [-0.1, -0.05) is 20.8 Å². The van der Waals surface area contributed by atoms with Crippen LogP contribution in [-0.4, -0.2) is 39.5 Å². The molecular formula is C12H19N3O2. The van der Waals surface area contributed by atoms with Gasteiger partial charge in [0.2, 0.25) is 0 Å². The zero-order valence-corrected chi connectivity index (χ0v) is 10.8. The number of carboxylic acid groups (broad SMARTS) is 1. The molecule has 0 amide bonds. The highest BCUT2D eigenvalue weighted by atomic mass is 16.4. The lowest BCUT2D eigenvalue weighted by Crippen LogP contribution is -2.29. The van der Waals surface area contributed by atoms with Crippen LogP contribution in [0.1, 0.15) is 36.8 Å². The van der Waals surface area contributed by atoms with Crippen LogP contribution in [0.25, 0.3) is 0 Å². The molecule has 0 spiro atoms. The number of aromatic carboxylic acids is 1. The van der Waals surface area contributed by atoms with E-state index in [0.29, 0.717) is 12.2 Å². The van der Waals surface area contributed by atoms with E-state index in [1.807, 2.05) is 7.05 Å². The van der Waals surface area contributed by atoms with Crippen LogP contribution in [0.15, 0.2) is 12.5 Å². The predicted octanol–water partition coefficient (Wildman–Crippen LogP) is 1.65. The van der Waals surface area contributed by atoms with Crippen LogP contribution in [0, 0.1) is 5.41 Å². The van der Waals surface area contributed by atoms with E-state index in [0.717, 1.165) is 6.54 Å². The highest BCUT2D eigenvalue weighted by Crippen LogP contribution is 2.16. The minimum absolute atomic E-state index is 0.172. The lowest BCUT2D eigenvalue weighted by molar-refractivity contribution is 0.0693. The van der Waals surface area contributed by atoms with Crippen molar-refractivity contribution in [1.29, 1.82) is 0 Å². The second-order valence-electron chi connectivity index (χ2n) is 5.42. The molecule has 0 aliphatic rings. The van der Waals surface area contributed by atoms with Crippen molar-refractivity contribution >= 4 is 5.97 Å². The van der Waals surface area contributed by atoms with Crippen molar-refractivity contribution in [2.75, 3.05) is 13.6 Å². The van der Waals surface area contributed by atoms with E-state index in [1.165, 1.54) is 12.5 Å². The largest absolute Gasteiger partial charge is 0.478 e. The van der Waals surface area contributed by atoms with Crippen molar-refractivity contribution in [1.82, 2.24) is 14.9 Å². The van der Waals surface area contributed by atoms with E-state index in [-0.39, 0.29) is 11.0 Å². The quantitative estimate of drug-likeness (QED) is 0.862. The number of rotatable bonds is 4. The molecule has 1 heterocycles. The number of hydrogen-bond acceptors (Lipinski definition) is 4. The van der Waals surface area contributed by atoms with Gasteiger partial charge in [-0.2, -0.15) is 0 Å². The monoisotopic (exact) mass is 237 g/mol. The Morgan fingerprint density at radius 2 is 2.12 bits per heavy atom. The minimum atomic E-state index is -0.982. The highest BCUT2D eigenvalue weighted by molar-refractivity contribution is 5.88. The van der Waals surface area contributed by atoms with Crippen LogP contribution >= 0.6 is 0 Å². The van der Waals surface area contributed by atoms with Crippen LogP contribution in [-0.2, 0) is 6.54 Å². The Balaban J connectivity index is 2.78. The third-order valence-corrected chi connectivity index (χ3v) is 2.19. The van der Waals surface area contributed by atoms with Crippen LogP contribution in [0.3, 0.4) is 0 Å². The van der Waals surface area contributed by atoms with Crippen molar-refractivity contribution < 1.29 is 9.90 Å². The van der Waals surface area contributed by atoms with Crippen molar-refractivity contribution in [2.24, 2.45) is 5.41 Å². The Labute approximate surface area is 102 Å². The molecular weight excluding hydrogens is 218 g/mol. The number of nitrogens with zero attached hydrogens (tertiary/aromatic N) is 3. The maximum atomic E-state index is 11.0. The Kier molecular flexibility index (Phi) is 4.17. The van der Waals surface area contributed by atoms with Crippen molar-refractivity contribution in [3.05, 3.63) is 23.8 Å². The number of carboxylic acids is 1. The van der Waals surface area contributed by atoms with E-state index in [9.17, 15) is 4.79 Å². The topological polar surface area (TPSA) is 66.3 Å². The predicted molar refractivity (Wildman–Crippen MR) is 64.8 cm³/mol. The van der Waals surface area contributed by atoms with E-state index in [2.05, 4.69) is 35.6 Å². The first-order valence-corrected chi connectivity index (χ1v) is 5.50. The lowest BCUT2D eigenvalue weighted by atomic mass is 9.96. The van der Waals surface area contributed by atoms with Gasteiger partial charge in [-0.3, -0.25) is 4.90 Å². The molecule has 0 fully saturated rings. The maximum Gasteiger partial charge on any atom is 0.339 e. The molecule has 94 valence electrons. The zero-order valence-electron chi connectivity index (χ0n) is 10.8. The smallest absolute Gasteiger partial charge is 0.339 e. The molecule has 0 atom stereocenters. The van der Waals surface area contributed by atoms with Crippen LogP contribution in [0.2, 0.25) is 0 Å². The van der Waals surface area contributed by atoms with E-state index in [4.69, 9.17) is 5.11 Å². The van der Waals surface area contributed by atoms with Gasteiger partial charge in [0.15, 0.2) is 0 Å². The van der Waals surface area contributed by atoms with Gasteiger partial charge in [0.1, 0.15) is 11.9 Å². The molecule has 17 heavy (non-hydrogen) atoms. The Bertz CT molecular complexity index is 399. The van der Waals surface area contributed by atoms with Crippen molar-refractivity contribution in [3.8, 4) is 0 Å². The van der Waals surface area contributed by atoms with E-state index >= 15 is 0 Å². The fourth-order valence-corrected chi connectivity index (χ4v) is 1.78. The van der Waals surface area contributed by atoms with Crippen LogP contribution in [0.5, 0.6) is 0 Å². The Morgan fingerprint density at radius 3 is 2.65 bits per heavy atom. The zero-order chi connectivity index (χ0) is 13.1. The molecule has 0 unspecified atom stereocenters. The molecule has 0 aliphatic heterocycles. The summed E-state index contributed by atoms with van der Waals surface area (Å²) in [5.74, 6) is -0.982. The van der Waals surface area contributed by atoms with Crippen molar-refractivity contribution in [3.63, 3.8) is 0 Å². The summed E-state index contributed by atoms with van der Waals surface area (Å²) >= 11 is 0. The average molecular weight is 237 g/mol. The van der Waals surface area contributed by atoms with Crippen LogP contribution in [0.4, 0.5) is 0 Å². The van der Waals surface area contributed by atoms with E-state index < -0.39 is 5.97 Å². The molecule has 0 aliphatic carbocycles. The summed E-state index contributed by atoms with van der Waals surface area (Å²) in [4.78, 5) is 20.8. The standard InChI is InChI=1S/C12H19N3O2/c1-12(2,3)7-15(4)6-10-9(11(16)17)5-13-8-14-10/h5,8H,6-7H2,1-4H3,(H,16,17). The van der Waals surface area contributed by atoms with Crippen molar-refractivity contribution in [2.45, 2.75) is 27.3 Å². The fourth-order valence-electron chi connectivity index (χ4n) is 1.78. The first-order chi connectivity index (χ1) is 7.79. The summed E-state index contributed by atoms with van der Waals surface area (Å²) in [7, 11) is 1.96. The number of hydrogen-bond donors (Lipinski definition) is 1. The second kappa shape index (κ2) is 5.23. The third kappa shape index (κ3) is 4.48. The van der Waals surface area contributed by atoms with Gasteiger partial charge in [0, 0.05) is 19.3 Å². The highest BCUT2D eigenvalue weighted by Gasteiger charge is 2.17. The first-order valence-electron chi connectivity index (χ1n) is 5.50. The summed E-state index contributed by atoms with van der Waals surface area (Å²) in [6.45, 7) is 7.81. The van der Waals surface area contributed by atoms with Gasteiger partial charge in [-0.15, -0.1) is 0 Å². The summed E-state index contributed by atoms with van der Waals surface area (Å²) in [6.07, 6.45) is 2.72. The second-order valence-corrected chi connectivity index (χ2v) is 5.42. The van der Waals surface area contributed by atoms with E-state index in [1.54, 1.807) is 0 Å². The van der Waals surface area contributed by atoms with Gasteiger partial charge >= 0.3 is 5.97 Å². The molecule has 5 heteroatoms. The van der Waals surface area contributed by atoms with Gasteiger partial charge < -0.3 is 5.11 Å². The first kappa shape index (κ1) is 13.6. The Morgan fingerprint density at radius 1 is 1.47 bits per heavy atom. The molecule has 0 saturated carbocycles. The molecule has 0 saturated heterocycles. The molecule has 0 aromatic carbocycles. The SMILES string of the molecule is CN(Cc1ncncc1C(=O)O)CC(C)(C)C. The Hall–Kier alpha value is -1.49. The summed E-state index contributed by atoms with van der Waals surface area (Å²) in [5.41, 5.74) is 0.901. The van der Waals surface area contributed by atoms with Gasteiger partial charge in [0.25, 0.3) is 0 Å². The third-order valence-electron chi connectivity index (χ3n) is 2.19.